The second kappa shape index (κ2) is 11.3. The first-order valence-electron chi connectivity index (χ1n) is 12.0. The Morgan fingerprint density at radius 1 is 0.818 bits per heavy atom. The molecule has 33 heavy (non-hydrogen) atoms. The van der Waals surface area contributed by atoms with Crippen LogP contribution in [0.2, 0.25) is 0 Å². The number of benzene rings is 2. The van der Waals surface area contributed by atoms with Crippen molar-refractivity contribution in [2.24, 2.45) is 5.92 Å². The first-order valence-corrected chi connectivity index (χ1v) is 15.5. The molecule has 0 radical (unpaired) electrons. The van der Waals surface area contributed by atoms with Crippen LogP contribution < -0.4 is 4.90 Å². The van der Waals surface area contributed by atoms with Crippen LogP contribution in [-0.4, -0.2) is 47.2 Å². The summed E-state index contributed by atoms with van der Waals surface area (Å²) in [5.74, 6) is 0.908. The van der Waals surface area contributed by atoms with Crippen molar-refractivity contribution in [1.82, 2.24) is 4.90 Å². The Morgan fingerprint density at radius 3 is 1.82 bits per heavy atom. The maximum atomic E-state index is 8.48. The number of thioether (sulfide) groups is 1. The van der Waals surface area contributed by atoms with E-state index in [1.807, 2.05) is 36.4 Å². The normalized spacial score (nSPS) is 21.6. The molecule has 0 spiro atoms. The molecule has 0 atom stereocenters. The van der Waals surface area contributed by atoms with E-state index in [0.29, 0.717) is 36.2 Å². The van der Waals surface area contributed by atoms with Crippen molar-refractivity contribution in [2.75, 3.05) is 31.1 Å². The van der Waals surface area contributed by atoms with Gasteiger partial charge in [0.05, 0.1) is 0 Å². The zero-order chi connectivity index (χ0) is 23.4. The van der Waals surface area contributed by atoms with Crippen molar-refractivity contribution in [3.05, 3.63) is 71.8 Å². The van der Waals surface area contributed by atoms with E-state index in [0.717, 1.165) is 49.3 Å². The fraction of sp³-hybridized carbons (Fsp3) is 0.407. The zero-order valence-corrected chi connectivity index (χ0v) is 26.0. The van der Waals surface area contributed by atoms with Gasteiger partial charge in [-0.05, 0) is 31.6 Å². The molecule has 1 aliphatic heterocycles. The third kappa shape index (κ3) is 6.37. The summed E-state index contributed by atoms with van der Waals surface area (Å²) in [7, 11) is 0. The average molecular weight is 646 g/mol. The van der Waals surface area contributed by atoms with E-state index >= 15 is 0 Å². The topological polar surface area (TPSA) is 54.2 Å². The molecule has 0 amide bonds. The average Bonchev–Trinajstić information content (AvgIpc) is 2.85. The van der Waals surface area contributed by atoms with Crippen LogP contribution >= 0.6 is 11.8 Å². The number of hydrogen-bond acceptors (Lipinski definition) is 5. The minimum atomic E-state index is 0.410. The monoisotopic (exact) mass is 647 g/mol. The van der Waals surface area contributed by atoms with Crippen molar-refractivity contribution < 1.29 is 26.1 Å². The van der Waals surface area contributed by atoms with Crippen LogP contribution in [0.4, 0.5) is 5.69 Å². The number of anilines is 1. The van der Waals surface area contributed by atoms with E-state index in [4.69, 9.17) is 10.8 Å². The van der Waals surface area contributed by atoms with Gasteiger partial charge in [-0.2, -0.15) is 0 Å². The molecule has 0 aromatic heterocycles. The van der Waals surface area contributed by atoms with Crippen molar-refractivity contribution in [2.45, 2.75) is 38.6 Å². The van der Waals surface area contributed by atoms with Gasteiger partial charge in [0.1, 0.15) is 0 Å². The molecule has 2 fully saturated rings. The molecule has 0 bridgehead atoms. The van der Waals surface area contributed by atoms with Gasteiger partial charge in [0.2, 0.25) is 0 Å². The standard InChI is InChI=1S/C27H33N4S.Hg/c1-3-21-6-8-22(9-7-21)26(28)32-27(29)23-10-14-25(15-11-23)31-18-16-30(17-19-31)24-12-4-20(2)5-13-24;/h6-11,14-15,20,24,28-29H,1,4-5,12-13,16-19H2,2H3;. The number of rotatable bonds is 5. The Bertz CT molecular complexity index is 986. The van der Waals surface area contributed by atoms with Crippen molar-refractivity contribution in [3.63, 3.8) is 0 Å². The van der Waals surface area contributed by atoms with Crippen molar-refractivity contribution in [1.29, 1.82) is 10.8 Å². The Balaban J connectivity index is 1.29. The van der Waals surface area contributed by atoms with E-state index in [1.165, 1.54) is 51.8 Å². The SMILES string of the molecule is C=[C]([Hg])c1ccc(C(=N)SC(=N)c2ccc(N3CCN(C4CCC(C)CC4)CC3)cc2)cc1. The molecule has 4 rings (SSSR count). The quantitative estimate of drug-likeness (QED) is 0.239. The van der Waals surface area contributed by atoms with E-state index in [9.17, 15) is 0 Å². The van der Waals surface area contributed by atoms with Crippen LogP contribution in [0.3, 0.4) is 0 Å². The molecule has 2 aromatic rings. The van der Waals surface area contributed by atoms with Gasteiger partial charge in [0.15, 0.2) is 0 Å². The summed E-state index contributed by atoms with van der Waals surface area (Å²) in [4.78, 5) is 5.18. The predicted molar refractivity (Wildman–Crippen MR) is 138 cm³/mol. The summed E-state index contributed by atoms with van der Waals surface area (Å²) in [6.45, 7) is 10.9. The van der Waals surface area contributed by atoms with Crippen LogP contribution in [-0.2, 0) is 26.1 Å². The van der Waals surface area contributed by atoms with Gasteiger partial charge in [-0.1, -0.05) is 6.92 Å². The van der Waals surface area contributed by atoms with Crippen LogP contribution in [0.5, 0.6) is 0 Å². The van der Waals surface area contributed by atoms with Gasteiger partial charge in [-0.3, -0.25) is 4.90 Å². The Morgan fingerprint density at radius 2 is 1.30 bits per heavy atom. The van der Waals surface area contributed by atoms with E-state index in [2.05, 4.69) is 35.4 Å². The van der Waals surface area contributed by atoms with Crippen LogP contribution in [0.15, 0.2) is 55.1 Å². The van der Waals surface area contributed by atoms with Gasteiger partial charge >= 0.3 is 139 Å². The molecule has 4 nitrogen and oxygen atoms in total. The first-order chi connectivity index (χ1) is 15.9. The molecule has 1 saturated heterocycles. The Kier molecular flexibility index (Phi) is 8.47. The second-order valence-corrected chi connectivity index (χ2v) is 13.8. The van der Waals surface area contributed by atoms with Gasteiger partial charge in [0.25, 0.3) is 0 Å². The number of piperazine rings is 1. The summed E-state index contributed by atoms with van der Waals surface area (Å²) >= 11 is 1.74. The van der Waals surface area contributed by atoms with Crippen LogP contribution in [0.25, 0.3) is 3.08 Å². The first kappa shape index (κ1) is 24.7. The van der Waals surface area contributed by atoms with Gasteiger partial charge in [-0.15, -0.1) is 0 Å². The summed E-state index contributed by atoms with van der Waals surface area (Å²) < 4.78 is 1.21. The minimum absolute atomic E-state index is 0.410. The number of nitrogens with one attached hydrogen (secondary N) is 2. The number of nitrogens with zero attached hydrogens (tertiary/aromatic N) is 2. The fourth-order valence-electron chi connectivity index (χ4n) is 4.85. The second-order valence-electron chi connectivity index (χ2n) is 9.42. The third-order valence-corrected chi connectivity index (χ3v) is 9.54. The maximum absolute atomic E-state index is 8.48. The van der Waals surface area contributed by atoms with Crippen molar-refractivity contribution in [3.8, 4) is 0 Å². The van der Waals surface area contributed by atoms with Crippen molar-refractivity contribution >= 4 is 30.6 Å². The predicted octanol–water partition coefficient (Wildman–Crippen LogP) is 5.99. The molecule has 1 saturated carbocycles. The molecule has 1 heterocycles. The third-order valence-electron chi connectivity index (χ3n) is 7.07. The Hall–Kier alpha value is -1.43. The van der Waals surface area contributed by atoms with Gasteiger partial charge < -0.3 is 4.90 Å². The summed E-state index contributed by atoms with van der Waals surface area (Å²) in [6, 6.07) is 17.1. The summed E-state index contributed by atoms with van der Waals surface area (Å²) in [5, 5.41) is 17.7. The summed E-state index contributed by atoms with van der Waals surface area (Å²) in [5.41, 5.74) is 4.13. The van der Waals surface area contributed by atoms with Crippen LogP contribution in [0, 0.1) is 16.7 Å². The molecular formula is C27H33HgN4S. The van der Waals surface area contributed by atoms with E-state index < -0.39 is 0 Å². The molecule has 2 aromatic carbocycles. The summed E-state index contributed by atoms with van der Waals surface area (Å²) in [6.07, 6.45) is 5.50. The molecule has 2 N–H and O–H groups in total. The molecule has 1 aliphatic carbocycles. The van der Waals surface area contributed by atoms with E-state index in [-0.39, 0.29) is 0 Å². The molecule has 169 valence electrons. The molecule has 2 aliphatic rings. The van der Waals surface area contributed by atoms with E-state index in [1.54, 1.807) is 0 Å². The number of hydrogen-bond donors (Lipinski definition) is 2. The Labute approximate surface area is 218 Å². The fourth-order valence-corrected chi connectivity index (χ4v) is 6.48. The van der Waals surface area contributed by atoms with Gasteiger partial charge in [-0.25, -0.2) is 0 Å². The molecule has 6 heteroatoms. The molecule has 0 unspecified atom stereocenters. The zero-order valence-electron chi connectivity index (χ0n) is 19.6. The molecular weight excluding hydrogens is 613 g/mol. The van der Waals surface area contributed by atoms with Gasteiger partial charge in [0, 0.05) is 32.2 Å². The van der Waals surface area contributed by atoms with Crippen LogP contribution in [0.1, 0.15) is 49.3 Å².